The van der Waals surface area contributed by atoms with Crippen molar-refractivity contribution in [2.75, 3.05) is 0 Å². The number of sulfone groups is 1. The number of imidazole rings is 1. The summed E-state index contributed by atoms with van der Waals surface area (Å²) >= 11 is 0. The zero-order chi connectivity index (χ0) is 19.6. The Bertz CT molecular complexity index is 1090. The van der Waals surface area contributed by atoms with Gasteiger partial charge in [0.25, 0.3) is 0 Å². The van der Waals surface area contributed by atoms with Crippen LogP contribution in [0.15, 0.2) is 70.8 Å². The number of halogens is 1. The van der Waals surface area contributed by atoms with Crippen LogP contribution in [0.1, 0.15) is 11.3 Å². The molecule has 7 nitrogen and oxygen atoms in total. The third kappa shape index (κ3) is 3.42. The number of aromatic nitrogens is 2. The van der Waals surface area contributed by atoms with Crippen molar-refractivity contribution >= 4 is 21.2 Å². The van der Waals surface area contributed by atoms with Crippen molar-refractivity contribution in [1.29, 1.82) is 0 Å². The van der Waals surface area contributed by atoms with Gasteiger partial charge in [-0.1, -0.05) is 18.2 Å². The van der Waals surface area contributed by atoms with Crippen LogP contribution in [-0.2, 0) is 16.9 Å². The molecule has 0 radical (unpaired) electrons. The molecule has 0 spiro atoms. The molecule has 0 fully saturated rings. The Morgan fingerprint density at radius 3 is 2.33 bits per heavy atom. The highest BCUT2D eigenvalue weighted by molar-refractivity contribution is 7.91. The maximum atomic E-state index is 13.1. The van der Waals surface area contributed by atoms with Crippen LogP contribution in [0.2, 0.25) is 0 Å². The predicted octanol–water partition coefficient (Wildman–Crippen LogP) is 1.64. The summed E-state index contributed by atoms with van der Waals surface area (Å²) in [7, 11) is -2.27. The summed E-state index contributed by atoms with van der Waals surface area (Å²) in [6.45, 7) is 0. The van der Waals surface area contributed by atoms with E-state index in [1.54, 1.807) is 25.2 Å². The fourth-order valence-corrected chi connectivity index (χ4v) is 4.02. The van der Waals surface area contributed by atoms with Crippen LogP contribution in [0.3, 0.4) is 0 Å². The molecular formula is C18H18FN5O2S. The highest BCUT2D eigenvalue weighted by Gasteiger charge is 2.25. The fraction of sp³-hybridized carbons (Fsp3) is 0.0556. The lowest BCUT2D eigenvalue weighted by molar-refractivity contribution is 0.578. The van der Waals surface area contributed by atoms with Crippen molar-refractivity contribution in [3.8, 4) is 0 Å². The number of nitrogens with zero attached hydrogens (tertiary/aromatic N) is 2. The van der Waals surface area contributed by atoms with Crippen LogP contribution in [0.4, 0.5) is 4.39 Å². The fourth-order valence-electron chi connectivity index (χ4n) is 2.64. The molecule has 140 valence electrons. The average molecular weight is 387 g/mol. The van der Waals surface area contributed by atoms with Gasteiger partial charge in [0.15, 0.2) is 0 Å². The molecule has 0 bridgehead atoms. The summed E-state index contributed by atoms with van der Waals surface area (Å²) in [4.78, 5) is 4.18. The van der Waals surface area contributed by atoms with Gasteiger partial charge >= 0.3 is 0 Å². The van der Waals surface area contributed by atoms with E-state index in [4.69, 9.17) is 11.6 Å². The second-order valence-corrected chi connectivity index (χ2v) is 7.58. The molecule has 0 aliphatic heterocycles. The Morgan fingerprint density at radius 2 is 1.74 bits per heavy atom. The van der Waals surface area contributed by atoms with E-state index < -0.39 is 15.7 Å². The van der Waals surface area contributed by atoms with Crippen LogP contribution in [-0.4, -0.2) is 18.0 Å². The molecular weight excluding hydrogens is 369 g/mol. The largest absolute Gasteiger partial charge is 0.396 e. The molecule has 0 aliphatic rings. The topological polar surface area (TPSA) is 116 Å². The molecule has 0 saturated carbocycles. The third-order valence-corrected chi connectivity index (χ3v) is 5.82. The Kier molecular flexibility index (Phi) is 4.98. The van der Waals surface area contributed by atoms with Crippen LogP contribution in [0, 0.1) is 5.82 Å². The van der Waals surface area contributed by atoms with Gasteiger partial charge in [0.1, 0.15) is 5.82 Å². The average Bonchev–Trinajstić information content (AvgIpc) is 3.06. The van der Waals surface area contributed by atoms with Gasteiger partial charge in [0, 0.05) is 7.05 Å². The minimum atomic E-state index is -3.82. The molecule has 1 aromatic heterocycles. The van der Waals surface area contributed by atoms with E-state index in [1.807, 2.05) is 0 Å². The van der Waals surface area contributed by atoms with E-state index in [0.29, 0.717) is 11.3 Å². The smallest absolute Gasteiger partial charge is 0.240 e. The second kappa shape index (κ2) is 7.22. The van der Waals surface area contributed by atoms with Crippen molar-refractivity contribution in [1.82, 2.24) is 15.0 Å². The van der Waals surface area contributed by atoms with E-state index in [-0.39, 0.29) is 21.4 Å². The monoisotopic (exact) mass is 387 g/mol. The molecule has 2 aromatic carbocycles. The van der Waals surface area contributed by atoms with Gasteiger partial charge in [-0.15, -0.1) is 0 Å². The highest BCUT2D eigenvalue weighted by Crippen LogP contribution is 2.25. The Hall–Kier alpha value is -3.17. The van der Waals surface area contributed by atoms with E-state index in [0.717, 1.165) is 0 Å². The highest BCUT2D eigenvalue weighted by atomic mass is 32.2. The molecule has 5 N–H and O–H groups in total. The number of rotatable bonds is 5. The Balaban J connectivity index is 2.11. The van der Waals surface area contributed by atoms with Gasteiger partial charge in [0.2, 0.25) is 15.0 Å². The first-order valence-electron chi connectivity index (χ1n) is 7.90. The third-order valence-electron chi connectivity index (χ3n) is 4.06. The summed E-state index contributed by atoms with van der Waals surface area (Å²) in [6.07, 6.45) is 1.36. The standard InChI is InChI=1S/C18H18FN5O2S/c1-24-15(17(23-21)16(20)12-7-9-13(19)10-8-12)11-22-18(24)27(25,26)14-5-3-2-4-6-14/h2-11,23H,20-21H2,1H3/b17-16-. The van der Waals surface area contributed by atoms with Crippen LogP contribution in [0.25, 0.3) is 11.4 Å². The normalized spacial score (nSPS) is 12.6. The van der Waals surface area contributed by atoms with Gasteiger partial charge in [-0.05, 0) is 42.0 Å². The van der Waals surface area contributed by atoms with Crippen LogP contribution in [0.5, 0.6) is 0 Å². The van der Waals surface area contributed by atoms with Crippen LogP contribution < -0.4 is 17.0 Å². The lowest BCUT2D eigenvalue weighted by Gasteiger charge is -2.13. The Morgan fingerprint density at radius 1 is 1.11 bits per heavy atom. The first-order chi connectivity index (χ1) is 12.9. The zero-order valence-corrected chi connectivity index (χ0v) is 15.2. The zero-order valence-electron chi connectivity index (χ0n) is 14.4. The first kappa shape index (κ1) is 18.6. The van der Waals surface area contributed by atoms with Gasteiger partial charge in [0.05, 0.1) is 28.2 Å². The molecule has 0 amide bonds. The maximum Gasteiger partial charge on any atom is 0.240 e. The number of nitrogens with two attached hydrogens (primary N) is 2. The molecule has 9 heteroatoms. The van der Waals surface area contributed by atoms with E-state index in [9.17, 15) is 12.8 Å². The van der Waals surface area contributed by atoms with Gasteiger partial charge in [-0.25, -0.2) is 17.8 Å². The molecule has 0 unspecified atom stereocenters. The lowest BCUT2D eigenvalue weighted by Crippen LogP contribution is -2.25. The first-order valence-corrected chi connectivity index (χ1v) is 9.39. The summed E-state index contributed by atoms with van der Waals surface area (Å²) in [6, 6.07) is 13.5. The van der Waals surface area contributed by atoms with Crippen LogP contribution >= 0.6 is 0 Å². The minimum absolute atomic E-state index is 0.128. The molecule has 27 heavy (non-hydrogen) atoms. The molecule has 3 rings (SSSR count). The number of hydrogen-bond donors (Lipinski definition) is 3. The van der Waals surface area contributed by atoms with E-state index >= 15 is 0 Å². The van der Waals surface area contributed by atoms with Crippen molar-refractivity contribution in [3.63, 3.8) is 0 Å². The predicted molar refractivity (Wildman–Crippen MR) is 99.8 cm³/mol. The van der Waals surface area contributed by atoms with Gasteiger partial charge < -0.3 is 15.7 Å². The van der Waals surface area contributed by atoms with Crippen molar-refractivity contribution < 1.29 is 12.8 Å². The summed E-state index contributed by atoms with van der Waals surface area (Å²) in [5.74, 6) is 5.22. The maximum absolute atomic E-state index is 13.1. The number of nitrogens with one attached hydrogen (secondary N) is 1. The van der Waals surface area contributed by atoms with Gasteiger partial charge in [-0.3, -0.25) is 5.84 Å². The summed E-state index contributed by atoms with van der Waals surface area (Å²) in [5.41, 5.74) is 10.0. The van der Waals surface area contributed by atoms with E-state index in [2.05, 4.69) is 10.4 Å². The number of hydrogen-bond acceptors (Lipinski definition) is 6. The molecule has 3 aromatic rings. The molecule has 0 saturated heterocycles. The van der Waals surface area contributed by atoms with Crippen molar-refractivity contribution in [3.05, 3.63) is 77.9 Å². The number of hydrazine groups is 1. The second-order valence-electron chi connectivity index (χ2n) is 5.74. The summed E-state index contributed by atoms with van der Waals surface area (Å²) < 4.78 is 40.2. The molecule has 0 atom stereocenters. The minimum Gasteiger partial charge on any atom is -0.396 e. The van der Waals surface area contributed by atoms with E-state index in [1.165, 1.54) is 47.2 Å². The Labute approximate surface area is 156 Å². The lowest BCUT2D eigenvalue weighted by atomic mass is 10.1. The molecule has 1 heterocycles. The summed E-state index contributed by atoms with van der Waals surface area (Å²) in [5, 5.41) is -0.150. The van der Waals surface area contributed by atoms with Gasteiger partial charge in [-0.2, -0.15) is 0 Å². The van der Waals surface area contributed by atoms with Crippen molar-refractivity contribution in [2.24, 2.45) is 18.6 Å². The number of benzene rings is 2. The molecule has 0 aliphatic carbocycles. The van der Waals surface area contributed by atoms with Crippen molar-refractivity contribution in [2.45, 2.75) is 10.1 Å². The SMILES string of the molecule is Cn1c(/C(NN)=C(/N)c2ccc(F)cc2)cnc1S(=O)(=O)c1ccccc1. The quantitative estimate of drug-likeness (QED) is 0.453.